The fourth-order valence-corrected chi connectivity index (χ4v) is 5.28. The van der Waals surface area contributed by atoms with Gasteiger partial charge in [-0.25, -0.2) is 13.3 Å². The van der Waals surface area contributed by atoms with Gasteiger partial charge in [0.2, 0.25) is 15.9 Å². The van der Waals surface area contributed by atoms with Gasteiger partial charge < -0.3 is 9.15 Å². The fourth-order valence-electron chi connectivity index (χ4n) is 3.60. The van der Waals surface area contributed by atoms with Crippen molar-refractivity contribution in [3.63, 3.8) is 0 Å². The average Bonchev–Trinajstić information content (AvgIpc) is 3.40. The molecule has 1 atom stereocenters. The highest BCUT2D eigenvalue weighted by Gasteiger charge is 2.47. The normalized spacial score (nSPS) is 16.3. The zero-order valence-corrected chi connectivity index (χ0v) is 19.5. The number of amides is 2. The summed E-state index contributed by atoms with van der Waals surface area (Å²) in [6.07, 6.45) is 1.04. The van der Waals surface area contributed by atoms with Gasteiger partial charge in [-0.1, -0.05) is 11.6 Å². The van der Waals surface area contributed by atoms with E-state index in [4.69, 9.17) is 20.8 Å². The Balaban J connectivity index is 1.68. The standard InChI is InChI=1S/C23H19ClN2O7S/c1-15(27)33-18-8-6-17(7-9-18)26-22(28)13-21(23(26)29)25(14-19-3-2-12-32-19)34(30,31)20-10-4-16(24)5-11-20/h2-12,21H,13-14H2,1H3. The second kappa shape index (κ2) is 9.41. The molecule has 2 aromatic carbocycles. The highest BCUT2D eigenvalue weighted by atomic mass is 35.5. The van der Waals surface area contributed by atoms with E-state index in [-0.39, 0.29) is 29.3 Å². The highest BCUT2D eigenvalue weighted by molar-refractivity contribution is 7.89. The summed E-state index contributed by atoms with van der Waals surface area (Å²) in [5.74, 6) is -1.22. The van der Waals surface area contributed by atoms with Gasteiger partial charge in [-0.15, -0.1) is 0 Å². The van der Waals surface area contributed by atoms with Crippen LogP contribution in [-0.2, 0) is 31.0 Å². The maximum Gasteiger partial charge on any atom is 0.308 e. The van der Waals surface area contributed by atoms with Crippen LogP contribution in [0.4, 0.5) is 5.69 Å². The Hall–Kier alpha value is -3.47. The first-order valence-electron chi connectivity index (χ1n) is 10.1. The number of sulfonamides is 1. The van der Waals surface area contributed by atoms with Crippen molar-refractivity contribution in [2.45, 2.75) is 30.8 Å². The van der Waals surface area contributed by atoms with Crippen molar-refractivity contribution in [3.05, 3.63) is 77.7 Å². The zero-order valence-electron chi connectivity index (χ0n) is 17.9. The number of carbonyl (C=O) groups is 3. The number of imide groups is 1. The number of ether oxygens (including phenoxy) is 1. The van der Waals surface area contributed by atoms with Gasteiger partial charge >= 0.3 is 5.97 Å². The first-order chi connectivity index (χ1) is 16.2. The van der Waals surface area contributed by atoms with E-state index in [0.29, 0.717) is 10.8 Å². The molecule has 2 heterocycles. The van der Waals surface area contributed by atoms with Crippen LogP contribution in [0.25, 0.3) is 0 Å². The predicted molar refractivity (Wildman–Crippen MR) is 122 cm³/mol. The topological polar surface area (TPSA) is 114 Å². The molecule has 1 aromatic heterocycles. The van der Waals surface area contributed by atoms with Crippen LogP contribution in [0.15, 0.2) is 76.2 Å². The molecule has 34 heavy (non-hydrogen) atoms. The van der Waals surface area contributed by atoms with Gasteiger partial charge in [-0.3, -0.25) is 14.4 Å². The minimum absolute atomic E-state index is 0.0760. The predicted octanol–water partition coefficient (Wildman–Crippen LogP) is 3.38. The van der Waals surface area contributed by atoms with Gasteiger partial charge in [0.1, 0.15) is 17.6 Å². The van der Waals surface area contributed by atoms with Crippen LogP contribution < -0.4 is 9.64 Å². The number of rotatable bonds is 7. The number of hydrogen-bond acceptors (Lipinski definition) is 7. The first-order valence-corrected chi connectivity index (χ1v) is 11.9. The summed E-state index contributed by atoms with van der Waals surface area (Å²) in [4.78, 5) is 38.1. The molecule has 0 bridgehead atoms. The van der Waals surface area contributed by atoms with Crippen LogP contribution in [0.5, 0.6) is 5.75 Å². The summed E-state index contributed by atoms with van der Waals surface area (Å²) in [6, 6.07) is 13.2. The summed E-state index contributed by atoms with van der Waals surface area (Å²) in [5, 5.41) is 0.354. The van der Waals surface area contributed by atoms with E-state index >= 15 is 0 Å². The molecule has 1 saturated heterocycles. The molecule has 0 N–H and O–H groups in total. The molecule has 3 aromatic rings. The minimum Gasteiger partial charge on any atom is -0.468 e. The number of furan rings is 1. The lowest BCUT2D eigenvalue weighted by Crippen LogP contribution is -2.45. The number of hydrogen-bond donors (Lipinski definition) is 0. The molecule has 9 nitrogen and oxygen atoms in total. The van der Waals surface area contributed by atoms with Crippen LogP contribution in [-0.4, -0.2) is 36.5 Å². The number of halogens is 1. The third kappa shape index (κ3) is 4.74. The molecule has 0 saturated carbocycles. The maximum absolute atomic E-state index is 13.5. The molecule has 11 heteroatoms. The maximum atomic E-state index is 13.5. The van der Waals surface area contributed by atoms with Crippen molar-refractivity contribution < 1.29 is 32.0 Å². The number of nitrogens with zero attached hydrogens (tertiary/aromatic N) is 2. The second-order valence-electron chi connectivity index (χ2n) is 7.46. The molecule has 1 aliphatic rings. The molecule has 1 aliphatic heterocycles. The van der Waals surface area contributed by atoms with E-state index in [1.807, 2.05) is 0 Å². The lowest BCUT2D eigenvalue weighted by atomic mass is 10.2. The molecule has 176 valence electrons. The van der Waals surface area contributed by atoms with Gasteiger partial charge in [0.05, 0.1) is 29.8 Å². The summed E-state index contributed by atoms with van der Waals surface area (Å²) < 4.78 is 38.3. The van der Waals surface area contributed by atoms with E-state index in [9.17, 15) is 22.8 Å². The van der Waals surface area contributed by atoms with Gasteiger partial charge in [0, 0.05) is 11.9 Å². The summed E-state index contributed by atoms with van der Waals surface area (Å²) in [5.41, 5.74) is 0.232. The van der Waals surface area contributed by atoms with Crippen molar-refractivity contribution in [2.75, 3.05) is 4.90 Å². The average molecular weight is 503 g/mol. The van der Waals surface area contributed by atoms with Gasteiger partial charge in [-0.2, -0.15) is 4.31 Å². The van der Waals surface area contributed by atoms with Gasteiger partial charge in [0.15, 0.2) is 0 Å². The van der Waals surface area contributed by atoms with Crippen molar-refractivity contribution in [1.82, 2.24) is 4.31 Å². The highest BCUT2D eigenvalue weighted by Crippen LogP contribution is 2.31. The summed E-state index contributed by atoms with van der Waals surface area (Å²) in [7, 11) is -4.20. The fraction of sp³-hybridized carbons (Fsp3) is 0.174. The number of esters is 1. The quantitative estimate of drug-likeness (QED) is 0.276. The Morgan fingerprint density at radius 2 is 1.79 bits per heavy atom. The Kier molecular flexibility index (Phi) is 6.56. The van der Waals surface area contributed by atoms with Crippen LogP contribution in [0.3, 0.4) is 0 Å². The number of carbonyl (C=O) groups excluding carboxylic acids is 3. The largest absolute Gasteiger partial charge is 0.468 e. The summed E-state index contributed by atoms with van der Waals surface area (Å²) >= 11 is 5.90. The van der Waals surface area contributed by atoms with E-state index < -0.39 is 33.8 Å². The molecule has 1 fully saturated rings. The van der Waals surface area contributed by atoms with Crippen LogP contribution in [0.1, 0.15) is 19.1 Å². The molecule has 0 aliphatic carbocycles. The van der Waals surface area contributed by atoms with Crippen molar-refractivity contribution >= 4 is 45.1 Å². The molecule has 1 unspecified atom stereocenters. The SMILES string of the molecule is CC(=O)Oc1ccc(N2C(=O)CC(N(Cc3ccco3)S(=O)(=O)c3ccc(Cl)cc3)C2=O)cc1. The van der Waals surface area contributed by atoms with E-state index in [2.05, 4.69) is 0 Å². The van der Waals surface area contributed by atoms with Crippen LogP contribution in [0.2, 0.25) is 5.02 Å². The molecule has 2 amide bonds. The van der Waals surface area contributed by atoms with Crippen molar-refractivity contribution in [3.8, 4) is 5.75 Å². The molecule has 0 radical (unpaired) electrons. The lowest BCUT2D eigenvalue weighted by Gasteiger charge is -2.26. The number of benzene rings is 2. The molecule has 4 rings (SSSR count). The third-order valence-corrected chi connectivity index (χ3v) is 7.26. The zero-order chi connectivity index (χ0) is 24.5. The van der Waals surface area contributed by atoms with Gasteiger partial charge in [0.25, 0.3) is 5.91 Å². The Morgan fingerprint density at radius 1 is 1.12 bits per heavy atom. The van der Waals surface area contributed by atoms with Gasteiger partial charge in [-0.05, 0) is 60.7 Å². The van der Waals surface area contributed by atoms with E-state index in [0.717, 1.165) is 9.21 Å². The van der Waals surface area contributed by atoms with E-state index in [1.165, 1.54) is 61.7 Å². The first kappa shape index (κ1) is 23.7. The smallest absolute Gasteiger partial charge is 0.308 e. The lowest BCUT2D eigenvalue weighted by molar-refractivity contribution is -0.132. The minimum atomic E-state index is -4.20. The van der Waals surface area contributed by atoms with Crippen LogP contribution in [0, 0.1) is 0 Å². The van der Waals surface area contributed by atoms with Crippen molar-refractivity contribution in [2.24, 2.45) is 0 Å². The van der Waals surface area contributed by atoms with Crippen LogP contribution >= 0.6 is 11.6 Å². The Labute approximate surface area is 200 Å². The molecular weight excluding hydrogens is 484 g/mol. The molecular formula is C23H19ClN2O7S. The Bertz CT molecular complexity index is 1320. The second-order valence-corrected chi connectivity index (χ2v) is 9.79. The van der Waals surface area contributed by atoms with E-state index in [1.54, 1.807) is 12.1 Å². The summed E-state index contributed by atoms with van der Waals surface area (Å²) in [6.45, 7) is 1.00. The number of anilines is 1. The Morgan fingerprint density at radius 3 is 2.38 bits per heavy atom. The van der Waals surface area contributed by atoms with Crippen molar-refractivity contribution in [1.29, 1.82) is 0 Å². The molecule has 0 spiro atoms. The monoisotopic (exact) mass is 502 g/mol. The third-order valence-electron chi connectivity index (χ3n) is 5.14.